The molecule has 9 heteroatoms. The Bertz CT molecular complexity index is 1050. The average molecular weight is 460 g/mol. The molecule has 1 aliphatic heterocycles. The Labute approximate surface area is 191 Å². The minimum Gasteiger partial charge on any atom is -0.381 e. The van der Waals surface area contributed by atoms with E-state index in [-0.39, 0.29) is 24.0 Å². The Morgan fingerprint density at radius 1 is 1.09 bits per heavy atom. The van der Waals surface area contributed by atoms with Gasteiger partial charge >= 0.3 is 0 Å². The van der Waals surface area contributed by atoms with Crippen LogP contribution in [-0.4, -0.2) is 57.0 Å². The monoisotopic (exact) mass is 459 g/mol. The Morgan fingerprint density at radius 3 is 2.36 bits per heavy atom. The van der Waals surface area contributed by atoms with Gasteiger partial charge < -0.3 is 10.0 Å². The third-order valence-electron chi connectivity index (χ3n) is 6.80. The third kappa shape index (κ3) is 4.89. The molecule has 2 heterocycles. The van der Waals surface area contributed by atoms with Gasteiger partial charge in [-0.1, -0.05) is 6.07 Å². The lowest BCUT2D eigenvalue weighted by Crippen LogP contribution is -2.55. The summed E-state index contributed by atoms with van der Waals surface area (Å²) in [6.07, 6.45) is 4.45. The smallest absolute Gasteiger partial charge is 0.137 e. The van der Waals surface area contributed by atoms with Gasteiger partial charge in [0.2, 0.25) is 0 Å². The molecule has 0 radical (unpaired) electrons. The molecule has 1 aliphatic rings. The van der Waals surface area contributed by atoms with Gasteiger partial charge in [-0.2, -0.15) is 5.10 Å². The van der Waals surface area contributed by atoms with Gasteiger partial charge in [0.15, 0.2) is 0 Å². The number of aromatic nitrogens is 3. The van der Waals surface area contributed by atoms with Gasteiger partial charge in [0.05, 0.1) is 6.54 Å². The van der Waals surface area contributed by atoms with Crippen molar-refractivity contribution >= 4 is 5.69 Å². The molecule has 1 N–H and O–H groups in total. The number of aliphatic hydroxyl groups is 1. The zero-order valence-corrected chi connectivity index (χ0v) is 18.7. The largest absolute Gasteiger partial charge is 0.381 e. The van der Waals surface area contributed by atoms with Crippen LogP contribution in [0.15, 0.2) is 55.1 Å². The number of hydrogen-bond acceptors (Lipinski definition) is 5. The maximum Gasteiger partial charge on any atom is 0.137 e. The number of hydrogen-bond donors (Lipinski definition) is 1. The summed E-state index contributed by atoms with van der Waals surface area (Å²) in [7, 11) is 1.91. The number of likely N-dealkylation sites (N-methyl/N-ethyl adjacent to an activating group) is 1. The molecule has 0 saturated carbocycles. The van der Waals surface area contributed by atoms with Crippen LogP contribution in [0.5, 0.6) is 0 Å². The normalized spacial score (nSPS) is 17.8. The second kappa shape index (κ2) is 9.52. The summed E-state index contributed by atoms with van der Waals surface area (Å²) in [6.45, 7) is 3.36. The molecule has 1 saturated heterocycles. The van der Waals surface area contributed by atoms with Gasteiger partial charge in [-0.05, 0) is 57.1 Å². The van der Waals surface area contributed by atoms with E-state index in [1.807, 2.05) is 14.0 Å². The van der Waals surface area contributed by atoms with E-state index in [9.17, 15) is 18.3 Å². The summed E-state index contributed by atoms with van der Waals surface area (Å²) >= 11 is 0. The standard InChI is InChI=1S/C24H28F3N5O/c1-17(30(2)20-9-11-31(12-10-20)21-6-3-18(25)4-7-21)24(33,14-32-16-28-15-29-32)22-8-5-19(26)13-23(22)27/h3-8,13,15-17,20,33H,9-12,14H2,1-2H3/t17-,24-/m1/s1. The second-order valence-electron chi connectivity index (χ2n) is 8.68. The fraction of sp³-hybridized carbons (Fsp3) is 0.417. The molecule has 0 unspecified atom stereocenters. The van der Waals surface area contributed by atoms with Crippen LogP contribution in [0.4, 0.5) is 18.9 Å². The Kier molecular flexibility index (Phi) is 6.71. The summed E-state index contributed by atoms with van der Waals surface area (Å²) in [5.41, 5.74) is -0.682. The summed E-state index contributed by atoms with van der Waals surface area (Å²) in [6, 6.07) is 9.32. The second-order valence-corrected chi connectivity index (χ2v) is 8.68. The molecule has 0 aliphatic carbocycles. The van der Waals surface area contributed by atoms with Crippen molar-refractivity contribution < 1.29 is 18.3 Å². The molecule has 0 bridgehead atoms. The van der Waals surface area contributed by atoms with Crippen LogP contribution >= 0.6 is 0 Å². The van der Waals surface area contributed by atoms with Crippen LogP contribution < -0.4 is 4.90 Å². The molecule has 3 aromatic rings. The van der Waals surface area contributed by atoms with Gasteiger partial charge in [0.1, 0.15) is 35.7 Å². The van der Waals surface area contributed by atoms with Crippen molar-refractivity contribution in [1.82, 2.24) is 19.7 Å². The van der Waals surface area contributed by atoms with E-state index in [0.717, 1.165) is 43.8 Å². The molecule has 1 fully saturated rings. The van der Waals surface area contributed by atoms with Crippen molar-refractivity contribution in [2.75, 3.05) is 25.0 Å². The van der Waals surface area contributed by atoms with Crippen LogP contribution in [-0.2, 0) is 12.1 Å². The van der Waals surface area contributed by atoms with E-state index in [2.05, 4.69) is 19.9 Å². The van der Waals surface area contributed by atoms with Crippen molar-refractivity contribution in [1.29, 1.82) is 0 Å². The molecular weight excluding hydrogens is 431 g/mol. The highest BCUT2D eigenvalue weighted by molar-refractivity contribution is 5.46. The summed E-state index contributed by atoms with van der Waals surface area (Å²) < 4.78 is 43.1. The number of rotatable bonds is 7. The van der Waals surface area contributed by atoms with Crippen LogP contribution in [0.3, 0.4) is 0 Å². The first kappa shape index (κ1) is 23.3. The maximum atomic E-state index is 14.8. The minimum atomic E-state index is -1.67. The predicted octanol–water partition coefficient (Wildman–Crippen LogP) is 3.57. The fourth-order valence-electron chi connectivity index (χ4n) is 4.68. The van der Waals surface area contributed by atoms with Crippen LogP contribution in [0, 0.1) is 17.5 Å². The number of halogens is 3. The van der Waals surface area contributed by atoms with Crippen LogP contribution in [0.25, 0.3) is 0 Å². The first-order chi connectivity index (χ1) is 15.8. The highest BCUT2D eigenvalue weighted by atomic mass is 19.1. The van der Waals surface area contributed by atoms with Crippen molar-refractivity contribution in [2.24, 2.45) is 0 Å². The molecule has 1 aromatic heterocycles. The molecule has 0 amide bonds. The lowest BCUT2D eigenvalue weighted by atomic mass is 9.84. The van der Waals surface area contributed by atoms with Crippen molar-refractivity contribution in [3.63, 3.8) is 0 Å². The Hall–Kier alpha value is -2.91. The molecule has 4 rings (SSSR count). The van der Waals surface area contributed by atoms with Crippen LogP contribution in [0.1, 0.15) is 25.3 Å². The minimum absolute atomic E-state index is 0.0162. The highest BCUT2D eigenvalue weighted by Gasteiger charge is 2.43. The first-order valence-electron chi connectivity index (χ1n) is 11.0. The van der Waals surface area contributed by atoms with Gasteiger partial charge in [-0.15, -0.1) is 0 Å². The quantitative estimate of drug-likeness (QED) is 0.586. The summed E-state index contributed by atoms with van der Waals surface area (Å²) in [5, 5.41) is 15.9. The number of anilines is 1. The SMILES string of the molecule is C[C@@H](N(C)C1CCN(c2ccc(F)cc2)CC1)[C@](O)(Cn1cncn1)c1ccc(F)cc1F. The number of benzene rings is 2. The van der Waals surface area contributed by atoms with Gasteiger partial charge in [-0.25, -0.2) is 22.8 Å². The number of nitrogens with zero attached hydrogens (tertiary/aromatic N) is 5. The maximum absolute atomic E-state index is 14.8. The van der Waals surface area contributed by atoms with E-state index >= 15 is 0 Å². The van der Waals surface area contributed by atoms with Crippen molar-refractivity contribution in [2.45, 2.75) is 44.0 Å². The summed E-state index contributed by atoms with van der Waals surface area (Å²) in [5.74, 6) is -1.76. The van der Waals surface area contributed by atoms with Crippen molar-refractivity contribution in [3.8, 4) is 0 Å². The number of piperidine rings is 1. The Morgan fingerprint density at radius 2 is 1.76 bits per heavy atom. The average Bonchev–Trinajstić information content (AvgIpc) is 3.31. The molecular formula is C24H28F3N5O. The van der Waals surface area contributed by atoms with E-state index in [1.165, 1.54) is 35.5 Å². The van der Waals surface area contributed by atoms with Gasteiger partial charge in [-0.3, -0.25) is 4.90 Å². The predicted molar refractivity (Wildman–Crippen MR) is 119 cm³/mol. The topological polar surface area (TPSA) is 57.4 Å². The molecule has 2 aromatic carbocycles. The summed E-state index contributed by atoms with van der Waals surface area (Å²) in [4.78, 5) is 8.18. The fourth-order valence-corrected chi connectivity index (χ4v) is 4.68. The van der Waals surface area contributed by atoms with E-state index in [1.54, 1.807) is 12.1 Å². The zero-order valence-electron chi connectivity index (χ0n) is 18.7. The lowest BCUT2D eigenvalue weighted by molar-refractivity contribution is -0.0697. The molecule has 0 spiro atoms. The van der Waals surface area contributed by atoms with Crippen LogP contribution in [0.2, 0.25) is 0 Å². The first-order valence-corrected chi connectivity index (χ1v) is 11.0. The van der Waals surface area contributed by atoms with Gasteiger partial charge in [0.25, 0.3) is 0 Å². The molecule has 33 heavy (non-hydrogen) atoms. The van der Waals surface area contributed by atoms with E-state index < -0.39 is 23.3 Å². The lowest BCUT2D eigenvalue weighted by Gasteiger charge is -2.45. The van der Waals surface area contributed by atoms with Gasteiger partial charge in [0, 0.05) is 42.5 Å². The van der Waals surface area contributed by atoms with E-state index in [0.29, 0.717) is 0 Å². The zero-order chi connectivity index (χ0) is 23.6. The molecule has 176 valence electrons. The van der Waals surface area contributed by atoms with E-state index in [4.69, 9.17) is 0 Å². The highest BCUT2D eigenvalue weighted by Crippen LogP contribution is 2.34. The third-order valence-corrected chi connectivity index (χ3v) is 6.80. The molecule has 2 atom stereocenters. The molecule has 6 nitrogen and oxygen atoms in total. The Balaban J connectivity index is 1.53. The van der Waals surface area contributed by atoms with Crippen molar-refractivity contribution in [3.05, 3.63) is 78.1 Å².